The van der Waals surface area contributed by atoms with Crippen molar-refractivity contribution in [2.24, 2.45) is 0 Å². The summed E-state index contributed by atoms with van der Waals surface area (Å²) in [6.45, 7) is 3.93. The highest BCUT2D eigenvalue weighted by Crippen LogP contribution is 2.30. The molecule has 0 aliphatic carbocycles. The summed E-state index contributed by atoms with van der Waals surface area (Å²) >= 11 is 0. The van der Waals surface area contributed by atoms with Gasteiger partial charge in [0.15, 0.2) is 0 Å². The van der Waals surface area contributed by atoms with Gasteiger partial charge in [0, 0.05) is 25.2 Å². The maximum Gasteiger partial charge on any atom is 0.241 e. The zero-order chi connectivity index (χ0) is 17.3. The molecule has 126 valence electrons. The molecule has 1 aliphatic rings. The van der Waals surface area contributed by atoms with Crippen molar-refractivity contribution in [3.05, 3.63) is 59.7 Å². The van der Waals surface area contributed by atoms with Gasteiger partial charge in [-0.3, -0.25) is 4.79 Å². The largest absolute Gasteiger partial charge is 0.312 e. The Morgan fingerprint density at radius 2 is 1.88 bits per heavy atom. The molecule has 0 saturated carbocycles. The van der Waals surface area contributed by atoms with Crippen molar-refractivity contribution in [1.29, 1.82) is 0 Å². The lowest BCUT2D eigenvalue weighted by molar-refractivity contribution is -0.116. The first-order valence-electron chi connectivity index (χ1n) is 7.87. The Hall–Kier alpha value is -2.18. The van der Waals surface area contributed by atoms with Crippen LogP contribution in [0.3, 0.4) is 0 Å². The van der Waals surface area contributed by atoms with Crippen LogP contribution in [-0.2, 0) is 21.2 Å². The average molecular weight is 344 g/mol. The van der Waals surface area contributed by atoms with Gasteiger partial charge in [0.1, 0.15) is 0 Å². The monoisotopic (exact) mass is 344 g/mol. The van der Waals surface area contributed by atoms with Gasteiger partial charge in [0.2, 0.25) is 15.9 Å². The number of carbonyl (C=O) groups excluding carboxylic acids is 1. The van der Waals surface area contributed by atoms with Crippen LogP contribution in [0.5, 0.6) is 0 Å². The van der Waals surface area contributed by atoms with Crippen molar-refractivity contribution in [3.63, 3.8) is 0 Å². The second-order valence-corrected chi connectivity index (χ2v) is 7.68. The minimum absolute atomic E-state index is 0.0276. The van der Waals surface area contributed by atoms with Crippen molar-refractivity contribution >= 4 is 21.6 Å². The molecule has 1 atom stereocenters. The summed E-state index contributed by atoms with van der Waals surface area (Å²) < 4.78 is 28.0. The quantitative estimate of drug-likeness (QED) is 0.927. The van der Waals surface area contributed by atoms with Crippen molar-refractivity contribution < 1.29 is 13.2 Å². The molecule has 1 heterocycles. The van der Waals surface area contributed by atoms with Crippen LogP contribution < -0.4 is 9.62 Å². The predicted molar refractivity (Wildman–Crippen MR) is 93.4 cm³/mol. The van der Waals surface area contributed by atoms with Crippen LogP contribution in [0.1, 0.15) is 31.0 Å². The van der Waals surface area contributed by atoms with E-state index in [2.05, 4.69) is 4.72 Å². The molecule has 0 bridgehead atoms. The molecule has 0 unspecified atom stereocenters. The van der Waals surface area contributed by atoms with Gasteiger partial charge in [-0.05, 0) is 42.7 Å². The summed E-state index contributed by atoms with van der Waals surface area (Å²) in [7, 11) is -3.62. The van der Waals surface area contributed by atoms with E-state index in [1.165, 1.54) is 6.92 Å². The molecule has 2 aromatic carbocycles. The molecule has 0 aromatic heterocycles. The lowest BCUT2D eigenvalue weighted by atomic mass is 10.1. The first-order chi connectivity index (χ1) is 11.4. The number of sulfonamides is 1. The van der Waals surface area contributed by atoms with Crippen LogP contribution in [0.4, 0.5) is 5.69 Å². The molecule has 0 fully saturated rings. The number of hydrogen-bond donors (Lipinski definition) is 1. The molecule has 0 radical (unpaired) electrons. The maximum absolute atomic E-state index is 12.6. The number of anilines is 1. The van der Waals surface area contributed by atoms with Crippen LogP contribution >= 0.6 is 0 Å². The van der Waals surface area contributed by atoms with Crippen LogP contribution in [0.2, 0.25) is 0 Å². The highest BCUT2D eigenvalue weighted by atomic mass is 32.2. The minimum Gasteiger partial charge on any atom is -0.312 e. The molecule has 0 spiro atoms. The number of amides is 1. The third-order valence-corrected chi connectivity index (χ3v) is 5.81. The summed E-state index contributed by atoms with van der Waals surface area (Å²) in [4.78, 5) is 13.5. The summed E-state index contributed by atoms with van der Waals surface area (Å²) in [6.07, 6.45) is 0.673. The van der Waals surface area contributed by atoms with E-state index in [1.807, 2.05) is 37.3 Å². The SMILES string of the molecule is CC(=O)N1CCc2cc(S(=O)(=O)N[C@H](C)c3ccccc3)ccc21. The Balaban J connectivity index is 1.85. The number of nitrogens with one attached hydrogen (secondary N) is 1. The fourth-order valence-corrected chi connectivity index (χ4v) is 4.27. The van der Waals surface area contributed by atoms with Crippen molar-refractivity contribution in [2.45, 2.75) is 31.2 Å². The zero-order valence-electron chi connectivity index (χ0n) is 13.7. The third-order valence-electron chi connectivity index (χ3n) is 4.27. The second kappa shape index (κ2) is 6.37. The summed E-state index contributed by atoms with van der Waals surface area (Å²) in [5.74, 6) is -0.0276. The fourth-order valence-electron chi connectivity index (χ4n) is 2.98. The molecular weight excluding hydrogens is 324 g/mol. The number of fused-ring (bicyclic) bond motifs is 1. The Labute approximate surface area is 142 Å². The van der Waals surface area contributed by atoms with E-state index in [9.17, 15) is 13.2 Å². The normalized spacial score (nSPS) is 15.2. The molecule has 1 aliphatic heterocycles. The smallest absolute Gasteiger partial charge is 0.241 e. The van der Waals surface area contributed by atoms with Gasteiger partial charge in [-0.1, -0.05) is 30.3 Å². The van der Waals surface area contributed by atoms with E-state index in [0.717, 1.165) is 16.8 Å². The van der Waals surface area contributed by atoms with E-state index >= 15 is 0 Å². The summed E-state index contributed by atoms with van der Waals surface area (Å²) in [5, 5.41) is 0. The number of hydrogen-bond acceptors (Lipinski definition) is 3. The Kier molecular flexibility index (Phi) is 4.43. The van der Waals surface area contributed by atoms with Gasteiger partial charge in [-0.2, -0.15) is 0 Å². The van der Waals surface area contributed by atoms with E-state index in [4.69, 9.17) is 0 Å². The maximum atomic E-state index is 12.6. The van der Waals surface area contributed by atoms with Gasteiger partial charge in [0.25, 0.3) is 0 Å². The molecule has 6 heteroatoms. The van der Waals surface area contributed by atoms with Crippen LogP contribution in [-0.4, -0.2) is 20.9 Å². The van der Waals surface area contributed by atoms with Crippen LogP contribution in [0.25, 0.3) is 0 Å². The van der Waals surface area contributed by atoms with E-state index in [1.54, 1.807) is 23.1 Å². The van der Waals surface area contributed by atoms with E-state index in [-0.39, 0.29) is 16.8 Å². The average Bonchev–Trinajstić information content (AvgIpc) is 2.98. The molecular formula is C18H20N2O3S. The summed E-state index contributed by atoms with van der Waals surface area (Å²) in [6, 6.07) is 14.0. The van der Waals surface area contributed by atoms with Crippen molar-refractivity contribution in [1.82, 2.24) is 4.72 Å². The predicted octanol–water partition coefficient (Wildman–Crippen LogP) is 2.64. The standard InChI is InChI=1S/C18H20N2O3S/c1-13(15-6-4-3-5-7-15)19-24(22,23)17-8-9-18-16(12-17)10-11-20(18)14(2)21/h3-9,12-13,19H,10-11H2,1-2H3/t13-/m1/s1. The number of benzene rings is 2. The van der Waals surface area contributed by atoms with E-state index < -0.39 is 10.0 Å². The highest BCUT2D eigenvalue weighted by molar-refractivity contribution is 7.89. The Bertz CT molecular complexity index is 863. The molecule has 1 amide bonds. The fraction of sp³-hybridized carbons (Fsp3) is 0.278. The Morgan fingerprint density at radius 1 is 1.17 bits per heavy atom. The van der Waals surface area contributed by atoms with E-state index in [0.29, 0.717) is 13.0 Å². The van der Waals surface area contributed by atoms with Gasteiger partial charge in [-0.15, -0.1) is 0 Å². The van der Waals surface area contributed by atoms with Gasteiger partial charge >= 0.3 is 0 Å². The second-order valence-electron chi connectivity index (χ2n) is 5.96. The van der Waals surface area contributed by atoms with Crippen LogP contribution in [0, 0.1) is 0 Å². The molecule has 24 heavy (non-hydrogen) atoms. The first-order valence-corrected chi connectivity index (χ1v) is 9.35. The highest BCUT2D eigenvalue weighted by Gasteiger charge is 2.25. The minimum atomic E-state index is -3.62. The van der Waals surface area contributed by atoms with Crippen molar-refractivity contribution in [3.8, 4) is 0 Å². The topological polar surface area (TPSA) is 66.5 Å². The molecule has 2 aromatic rings. The number of carbonyl (C=O) groups is 1. The molecule has 3 rings (SSSR count). The molecule has 5 nitrogen and oxygen atoms in total. The zero-order valence-corrected chi connectivity index (χ0v) is 14.5. The van der Waals surface area contributed by atoms with Crippen LogP contribution in [0.15, 0.2) is 53.4 Å². The first kappa shape index (κ1) is 16.7. The summed E-state index contributed by atoms with van der Waals surface area (Å²) in [5.41, 5.74) is 2.60. The Morgan fingerprint density at radius 3 is 2.54 bits per heavy atom. The lowest BCUT2D eigenvalue weighted by Crippen LogP contribution is -2.27. The lowest BCUT2D eigenvalue weighted by Gasteiger charge is -2.17. The number of rotatable bonds is 4. The van der Waals surface area contributed by atoms with Gasteiger partial charge < -0.3 is 4.90 Å². The number of nitrogens with zero attached hydrogens (tertiary/aromatic N) is 1. The molecule has 0 saturated heterocycles. The third kappa shape index (κ3) is 3.20. The van der Waals surface area contributed by atoms with Gasteiger partial charge in [0.05, 0.1) is 4.90 Å². The molecule has 1 N–H and O–H groups in total. The van der Waals surface area contributed by atoms with Crippen molar-refractivity contribution in [2.75, 3.05) is 11.4 Å². The van der Waals surface area contributed by atoms with Gasteiger partial charge in [-0.25, -0.2) is 13.1 Å².